The van der Waals surface area contributed by atoms with Crippen LogP contribution in [-0.4, -0.2) is 37.9 Å². The molecule has 0 aliphatic heterocycles. The van der Waals surface area contributed by atoms with Gasteiger partial charge in [0, 0.05) is 19.6 Å². The molecule has 0 rings (SSSR count). The number of hydrogen-bond acceptors (Lipinski definition) is 3. The zero-order valence-electron chi connectivity index (χ0n) is 18.3. The van der Waals surface area contributed by atoms with Gasteiger partial charge in [-0.05, 0) is 38.6 Å². The van der Waals surface area contributed by atoms with Gasteiger partial charge < -0.3 is 15.7 Å². The van der Waals surface area contributed by atoms with Gasteiger partial charge >= 0.3 is 0 Å². The minimum Gasteiger partial charge on any atom is -0.395 e. The van der Waals surface area contributed by atoms with Crippen molar-refractivity contribution < 1.29 is 5.11 Å². The third kappa shape index (κ3) is 31.4. The van der Waals surface area contributed by atoms with Crippen LogP contribution in [0.5, 0.6) is 0 Å². The standard InChI is InChI=1S/C16H32.C7H18N2O/c1-3-5-7-9-11-13-15-16-14-12-10-8-6-4-2;1-2-3-8-4-5-9-6-7-10/h13,15H,3-12,14,16H2,1-2H3;8-10H,2-7H2,1H3/b15-13-;. The van der Waals surface area contributed by atoms with Crippen LogP contribution in [0.4, 0.5) is 0 Å². The molecule has 0 saturated carbocycles. The number of allylic oxidation sites excluding steroid dienone is 2. The van der Waals surface area contributed by atoms with E-state index in [1.807, 2.05) is 0 Å². The van der Waals surface area contributed by atoms with Crippen molar-refractivity contribution in [1.82, 2.24) is 10.6 Å². The lowest BCUT2D eigenvalue weighted by Crippen LogP contribution is -2.29. The predicted molar refractivity (Wildman–Crippen MR) is 119 cm³/mol. The summed E-state index contributed by atoms with van der Waals surface area (Å²) in [5.74, 6) is 0. The summed E-state index contributed by atoms with van der Waals surface area (Å²) < 4.78 is 0. The van der Waals surface area contributed by atoms with Gasteiger partial charge in [-0.1, -0.05) is 84.3 Å². The minimum absolute atomic E-state index is 0.230. The number of nitrogens with one attached hydrogen (secondary N) is 2. The Labute approximate surface area is 165 Å². The van der Waals surface area contributed by atoms with Gasteiger partial charge in [-0.25, -0.2) is 0 Å². The summed E-state index contributed by atoms with van der Waals surface area (Å²) in [4.78, 5) is 0. The molecule has 0 saturated heterocycles. The quantitative estimate of drug-likeness (QED) is 0.198. The van der Waals surface area contributed by atoms with Crippen molar-refractivity contribution in [1.29, 1.82) is 0 Å². The molecular weight excluding hydrogens is 320 g/mol. The highest BCUT2D eigenvalue weighted by atomic mass is 16.3. The second-order valence-electron chi connectivity index (χ2n) is 7.10. The van der Waals surface area contributed by atoms with Gasteiger partial charge in [0.25, 0.3) is 0 Å². The zero-order valence-corrected chi connectivity index (χ0v) is 18.3. The third-order valence-corrected chi connectivity index (χ3v) is 4.31. The summed E-state index contributed by atoms with van der Waals surface area (Å²) >= 11 is 0. The first-order valence-electron chi connectivity index (χ1n) is 11.5. The average molecular weight is 371 g/mol. The summed E-state index contributed by atoms with van der Waals surface area (Å²) in [6, 6.07) is 0. The van der Waals surface area contributed by atoms with E-state index in [0.29, 0.717) is 6.54 Å². The first-order valence-corrected chi connectivity index (χ1v) is 11.5. The fraction of sp³-hybridized carbons (Fsp3) is 0.913. The van der Waals surface area contributed by atoms with Gasteiger partial charge in [0.05, 0.1) is 6.61 Å². The van der Waals surface area contributed by atoms with Crippen LogP contribution in [0, 0.1) is 0 Å². The maximum Gasteiger partial charge on any atom is 0.0555 e. The molecule has 0 aliphatic rings. The molecule has 26 heavy (non-hydrogen) atoms. The van der Waals surface area contributed by atoms with E-state index in [1.54, 1.807) is 0 Å². The number of aliphatic hydroxyl groups excluding tert-OH is 1. The third-order valence-electron chi connectivity index (χ3n) is 4.31. The van der Waals surface area contributed by atoms with Crippen LogP contribution >= 0.6 is 0 Å². The van der Waals surface area contributed by atoms with Gasteiger partial charge in [-0.2, -0.15) is 0 Å². The number of aliphatic hydroxyl groups is 1. The smallest absolute Gasteiger partial charge is 0.0555 e. The largest absolute Gasteiger partial charge is 0.395 e. The number of hydrogen-bond donors (Lipinski definition) is 3. The minimum atomic E-state index is 0.230. The Kier molecular flexibility index (Phi) is 31.5. The van der Waals surface area contributed by atoms with Gasteiger partial charge in [0.15, 0.2) is 0 Å². The summed E-state index contributed by atoms with van der Waals surface area (Å²) in [5, 5.41) is 14.7. The Morgan fingerprint density at radius 2 is 1.00 bits per heavy atom. The molecule has 0 unspecified atom stereocenters. The van der Waals surface area contributed by atoms with Crippen molar-refractivity contribution in [3.05, 3.63) is 12.2 Å². The highest BCUT2D eigenvalue weighted by Gasteiger charge is 1.88. The lowest BCUT2D eigenvalue weighted by molar-refractivity contribution is 0.292. The van der Waals surface area contributed by atoms with Gasteiger partial charge in [0.2, 0.25) is 0 Å². The van der Waals surface area contributed by atoms with Crippen molar-refractivity contribution in [2.45, 2.75) is 104 Å². The van der Waals surface area contributed by atoms with E-state index in [2.05, 4.69) is 43.6 Å². The van der Waals surface area contributed by atoms with E-state index in [0.717, 1.165) is 19.6 Å². The summed E-state index contributed by atoms with van der Waals surface area (Å²) in [6.45, 7) is 10.7. The van der Waals surface area contributed by atoms with Crippen LogP contribution < -0.4 is 10.6 Å². The molecule has 0 atom stereocenters. The molecule has 0 fully saturated rings. The number of unbranched alkanes of at least 4 members (excludes halogenated alkanes) is 10. The maximum absolute atomic E-state index is 8.39. The van der Waals surface area contributed by atoms with E-state index >= 15 is 0 Å². The van der Waals surface area contributed by atoms with Gasteiger partial charge in [0.1, 0.15) is 0 Å². The molecule has 0 aromatic heterocycles. The van der Waals surface area contributed by atoms with Crippen molar-refractivity contribution in [2.24, 2.45) is 0 Å². The summed E-state index contributed by atoms with van der Waals surface area (Å²) in [7, 11) is 0. The average Bonchev–Trinajstić information content (AvgIpc) is 2.66. The first-order chi connectivity index (χ1) is 12.8. The second kappa shape index (κ2) is 29.4. The second-order valence-corrected chi connectivity index (χ2v) is 7.10. The van der Waals surface area contributed by atoms with Crippen LogP contribution in [0.1, 0.15) is 104 Å². The van der Waals surface area contributed by atoms with E-state index in [-0.39, 0.29) is 6.61 Å². The Bertz CT molecular complexity index is 236. The fourth-order valence-corrected chi connectivity index (χ4v) is 2.65. The van der Waals surface area contributed by atoms with Crippen LogP contribution in [0.3, 0.4) is 0 Å². The van der Waals surface area contributed by atoms with Crippen molar-refractivity contribution in [3.8, 4) is 0 Å². The molecule has 0 aromatic carbocycles. The molecule has 3 nitrogen and oxygen atoms in total. The highest BCUT2D eigenvalue weighted by molar-refractivity contribution is 4.81. The topological polar surface area (TPSA) is 44.3 Å². The fourth-order valence-electron chi connectivity index (χ4n) is 2.65. The van der Waals surface area contributed by atoms with Crippen LogP contribution in [0.2, 0.25) is 0 Å². The molecule has 0 bridgehead atoms. The van der Waals surface area contributed by atoms with Crippen LogP contribution in [-0.2, 0) is 0 Å². The Hall–Kier alpha value is -0.380. The Morgan fingerprint density at radius 1 is 0.538 bits per heavy atom. The highest BCUT2D eigenvalue weighted by Crippen LogP contribution is 2.08. The molecule has 0 heterocycles. The van der Waals surface area contributed by atoms with E-state index in [1.165, 1.54) is 83.5 Å². The lowest BCUT2D eigenvalue weighted by Gasteiger charge is -2.02. The molecule has 0 spiro atoms. The molecule has 3 N–H and O–H groups in total. The monoisotopic (exact) mass is 370 g/mol. The van der Waals surface area contributed by atoms with Crippen molar-refractivity contribution in [2.75, 3.05) is 32.8 Å². The zero-order chi connectivity index (χ0) is 19.6. The summed E-state index contributed by atoms with van der Waals surface area (Å²) in [6.07, 6.45) is 22.6. The molecule has 0 radical (unpaired) electrons. The van der Waals surface area contributed by atoms with Gasteiger partial charge in [-0.3, -0.25) is 0 Å². The van der Waals surface area contributed by atoms with Crippen LogP contribution in [0.15, 0.2) is 12.2 Å². The molecule has 0 amide bonds. The molecule has 158 valence electrons. The normalized spacial score (nSPS) is 10.9. The lowest BCUT2D eigenvalue weighted by atomic mass is 10.1. The van der Waals surface area contributed by atoms with Crippen molar-refractivity contribution in [3.63, 3.8) is 0 Å². The molecule has 0 aliphatic carbocycles. The predicted octanol–water partition coefficient (Wildman–Crippen LogP) is 5.83. The van der Waals surface area contributed by atoms with Crippen LogP contribution in [0.25, 0.3) is 0 Å². The molecule has 0 aromatic rings. The molecular formula is C23H50N2O. The van der Waals surface area contributed by atoms with Crippen molar-refractivity contribution >= 4 is 0 Å². The van der Waals surface area contributed by atoms with Gasteiger partial charge in [-0.15, -0.1) is 0 Å². The Morgan fingerprint density at radius 3 is 1.50 bits per heavy atom. The summed E-state index contributed by atoms with van der Waals surface area (Å²) in [5.41, 5.74) is 0. The van der Waals surface area contributed by atoms with E-state index in [4.69, 9.17) is 5.11 Å². The van der Waals surface area contributed by atoms with E-state index in [9.17, 15) is 0 Å². The molecule has 3 heteroatoms. The SMILES string of the molecule is CCCCCC/C=C\CCCCCCCC.CCCNCCNCCO. The van der Waals surface area contributed by atoms with E-state index < -0.39 is 0 Å². The first kappa shape index (κ1) is 27.8. The number of rotatable bonds is 19. The Balaban J connectivity index is 0. The maximum atomic E-state index is 8.39.